The third kappa shape index (κ3) is 8.98. The van der Waals surface area contributed by atoms with Crippen molar-refractivity contribution in [1.82, 2.24) is 25.9 Å². The van der Waals surface area contributed by atoms with Crippen LogP contribution in [0.25, 0.3) is 0 Å². The third-order valence-corrected chi connectivity index (χ3v) is 4.16. The van der Waals surface area contributed by atoms with E-state index in [1.54, 1.807) is 0 Å². The molecule has 0 aliphatic rings. The minimum atomic E-state index is -1.52. The number of hydrogen-bond donors (Lipinski definition) is 8. The zero-order valence-electron chi connectivity index (χ0n) is 16.5. The number of aliphatic carboxylic acids is 1. The van der Waals surface area contributed by atoms with Gasteiger partial charge in [0.2, 0.25) is 17.7 Å². The Balaban J connectivity index is 2.64. The van der Waals surface area contributed by atoms with E-state index in [4.69, 9.17) is 21.7 Å². The molecule has 10 N–H and O–H groups in total. The fourth-order valence-electron chi connectivity index (χ4n) is 2.47. The van der Waals surface area contributed by atoms with Crippen molar-refractivity contribution < 1.29 is 29.4 Å². The largest absolute Gasteiger partial charge is 0.480 e. The molecule has 0 radical (unpaired) electrons. The zero-order valence-corrected chi connectivity index (χ0v) is 16.5. The van der Waals surface area contributed by atoms with Crippen molar-refractivity contribution >= 4 is 23.7 Å². The van der Waals surface area contributed by atoms with Gasteiger partial charge >= 0.3 is 5.97 Å². The molecular formula is C17H29N7O6. The number of rotatable bonds is 14. The highest BCUT2D eigenvalue weighted by molar-refractivity contribution is 5.92. The molecule has 13 heteroatoms. The highest BCUT2D eigenvalue weighted by Gasteiger charge is 2.27. The first-order valence-electron chi connectivity index (χ1n) is 9.42. The van der Waals surface area contributed by atoms with Gasteiger partial charge in [-0.3, -0.25) is 14.4 Å². The van der Waals surface area contributed by atoms with Gasteiger partial charge in [-0.1, -0.05) is 6.42 Å². The van der Waals surface area contributed by atoms with E-state index in [9.17, 15) is 19.2 Å². The topological polar surface area (TPSA) is 226 Å². The molecule has 13 nitrogen and oxygen atoms in total. The fraction of sp³-hybridized carbons (Fsp3) is 0.588. The van der Waals surface area contributed by atoms with Crippen molar-refractivity contribution in [1.29, 1.82) is 0 Å². The molecule has 0 saturated heterocycles. The van der Waals surface area contributed by atoms with E-state index in [0.29, 0.717) is 25.1 Å². The van der Waals surface area contributed by atoms with Gasteiger partial charge in [0.05, 0.1) is 25.5 Å². The Morgan fingerprint density at radius 3 is 2.43 bits per heavy atom. The normalized spacial score (nSPS) is 13.7. The van der Waals surface area contributed by atoms with Crippen LogP contribution in [-0.4, -0.2) is 81.7 Å². The van der Waals surface area contributed by atoms with Gasteiger partial charge in [-0.05, 0) is 19.4 Å². The summed E-state index contributed by atoms with van der Waals surface area (Å²) in [5, 5.41) is 25.0. The maximum Gasteiger partial charge on any atom is 0.328 e. The maximum absolute atomic E-state index is 12.4. The number of hydrogen-bond acceptors (Lipinski definition) is 8. The summed E-state index contributed by atoms with van der Waals surface area (Å²) in [5.41, 5.74) is 11.6. The minimum Gasteiger partial charge on any atom is -0.480 e. The zero-order chi connectivity index (χ0) is 22.5. The molecule has 0 fully saturated rings. The number of aromatic nitrogens is 2. The second-order valence-corrected chi connectivity index (χ2v) is 6.59. The Morgan fingerprint density at radius 1 is 1.13 bits per heavy atom. The molecule has 1 aromatic heterocycles. The molecule has 1 rings (SSSR count). The number of aliphatic hydroxyl groups is 1. The molecular weight excluding hydrogens is 398 g/mol. The Morgan fingerprint density at radius 2 is 1.87 bits per heavy atom. The molecule has 1 aromatic rings. The number of aliphatic hydroxyl groups excluding tert-OH is 1. The average Bonchev–Trinajstić information content (AvgIpc) is 3.22. The van der Waals surface area contributed by atoms with Crippen LogP contribution in [0.3, 0.4) is 0 Å². The Kier molecular flexibility index (Phi) is 11.0. The number of unbranched alkanes of at least 4 members (excludes halogenated alkanes) is 1. The van der Waals surface area contributed by atoms with Crippen LogP contribution < -0.4 is 27.4 Å². The van der Waals surface area contributed by atoms with Gasteiger partial charge in [-0.25, -0.2) is 9.78 Å². The SMILES string of the molecule is NCCCCC(N)C(=O)NCC(=O)NC(Cc1cnc[nH]1)C(=O)NC(CO)C(=O)O. The van der Waals surface area contributed by atoms with Crippen LogP contribution in [0.5, 0.6) is 0 Å². The molecule has 0 spiro atoms. The molecule has 0 aliphatic carbocycles. The summed E-state index contributed by atoms with van der Waals surface area (Å²) in [7, 11) is 0. The lowest BCUT2D eigenvalue weighted by molar-refractivity contribution is -0.143. The van der Waals surface area contributed by atoms with Gasteiger partial charge < -0.3 is 42.6 Å². The van der Waals surface area contributed by atoms with E-state index in [1.807, 2.05) is 0 Å². The van der Waals surface area contributed by atoms with Crippen molar-refractivity contribution in [2.75, 3.05) is 19.7 Å². The number of nitrogens with one attached hydrogen (secondary N) is 4. The molecule has 3 unspecified atom stereocenters. The number of carbonyl (C=O) groups excluding carboxylic acids is 3. The number of H-pyrrole nitrogens is 1. The first kappa shape index (κ1) is 25.0. The van der Waals surface area contributed by atoms with Crippen molar-refractivity contribution in [3.8, 4) is 0 Å². The first-order valence-corrected chi connectivity index (χ1v) is 9.42. The van der Waals surface area contributed by atoms with Crippen LogP contribution in [0, 0.1) is 0 Å². The summed E-state index contributed by atoms with van der Waals surface area (Å²) >= 11 is 0. The van der Waals surface area contributed by atoms with E-state index < -0.39 is 55.0 Å². The lowest BCUT2D eigenvalue weighted by Gasteiger charge is -2.20. The predicted molar refractivity (Wildman–Crippen MR) is 105 cm³/mol. The highest BCUT2D eigenvalue weighted by Crippen LogP contribution is 2.01. The summed E-state index contributed by atoms with van der Waals surface area (Å²) in [6, 6.07) is -3.47. The van der Waals surface area contributed by atoms with Gasteiger partial charge in [-0.2, -0.15) is 0 Å². The van der Waals surface area contributed by atoms with Gasteiger partial charge in [0.25, 0.3) is 0 Å². The van der Waals surface area contributed by atoms with Gasteiger partial charge in [0.15, 0.2) is 0 Å². The van der Waals surface area contributed by atoms with Crippen LogP contribution in [-0.2, 0) is 25.6 Å². The summed E-state index contributed by atoms with van der Waals surface area (Å²) < 4.78 is 0. The number of nitrogens with zero attached hydrogens (tertiary/aromatic N) is 1. The number of nitrogens with two attached hydrogens (primary N) is 2. The maximum atomic E-state index is 12.4. The fourth-order valence-corrected chi connectivity index (χ4v) is 2.47. The van der Waals surface area contributed by atoms with Crippen LogP contribution in [0.4, 0.5) is 0 Å². The molecule has 3 amide bonds. The first-order chi connectivity index (χ1) is 14.3. The summed E-state index contributed by atoms with van der Waals surface area (Å²) in [6.45, 7) is -0.738. The standard InChI is InChI=1S/C17H29N7O6/c18-4-2-1-3-11(19)15(27)21-7-14(26)23-12(5-10-6-20-9-22-10)16(28)24-13(8-25)17(29)30/h6,9,11-13,25H,1-5,7-8,18-19H2,(H,20,22)(H,21,27)(H,23,26)(H,24,28)(H,29,30). The number of amides is 3. The van der Waals surface area contributed by atoms with Crippen molar-refractivity contribution in [2.24, 2.45) is 11.5 Å². The predicted octanol–water partition coefficient (Wildman–Crippen LogP) is -3.43. The number of carboxylic acid groups (broad SMARTS) is 1. The smallest absolute Gasteiger partial charge is 0.328 e. The summed E-state index contributed by atoms with van der Waals surface area (Å²) in [4.78, 5) is 54.2. The van der Waals surface area contributed by atoms with E-state index >= 15 is 0 Å². The minimum absolute atomic E-state index is 0.0120. The monoisotopic (exact) mass is 427 g/mol. The van der Waals surface area contributed by atoms with Crippen molar-refractivity contribution in [2.45, 2.75) is 43.8 Å². The van der Waals surface area contributed by atoms with Crippen molar-refractivity contribution in [3.63, 3.8) is 0 Å². The summed E-state index contributed by atoms with van der Waals surface area (Å²) in [6.07, 6.45) is 4.65. The van der Waals surface area contributed by atoms with Crippen LogP contribution in [0.15, 0.2) is 12.5 Å². The number of carbonyl (C=O) groups is 4. The van der Waals surface area contributed by atoms with E-state index in [-0.39, 0.29) is 6.42 Å². The van der Waals surface area contributed by atoms with Gasteiger partial charge in [0, 0.05) is 18.3 Å². The van der Waals surface area contributed by atoms with Crippen LogP contribution in [0.2, 0.25) is 0 Å². The number of aromatic amines is 1. The molecule has 30 heavy (non-hydrogen) atoms. The summed E-state index contributed by atoms with van der Waals surface area (Å²) in [5.74, 6) is -3.42. The third-order valence-electron chi connectivity index (χ3n) is 4.16. The van der Waals surface area contributed by atoms with Crippen LogP contribution >= 0.6 is 0 Å². The molecule has 0 saturated carbocycles. The second-order valence-electron chi connectivity index (χ2n) is 6.59. The lowest BCUT2D eigenvalue weighted by atomic mass is 10.1. The van der Waals surface area contributed by atoms with Gasteiger partial charge in [0.1, 0.15) is 12.1 Å². The molecule has 0 aromatic carbocycles. The number of carboxylic acids is 1. The number of imidazole rings is 1. The second kappa shape index (κ2) is 13.2. The Bertz CT molecular complexity index is 697. The quantitative estimate of drug-likeness (QED) is 0.138. The van der Waals surface area contributed by atoms with E-state index in [2.05, 4.69) is 25.9 Å². The highest BCUT2D eigenvalue weighted by atomic mass is 16.4. The van der Waals surface area contributed by atoms with Crippen LogP contribution in [0.1, 0.15) is 25.0 Å². The Labute approximate surface area is 173 Å². The van der Waals surface area contributed by atoms with Crippen molar-refractivity contribution in [3.05, 3.63) is 18.2 Å². The molecule has 1 heterocycles. The molecule has 0 aliphatic heterocycles. The van der Waals surface area contributed by atoms with E-state index in [1.165, 1.54) is 12.5 Å². The molecule has 3 atom stereocenters. The van der Waals surface area contributed by atoms with Gasteiger partial charge in [-0.15, -0.1) is 0 Å². The van der Waals surface area contributed by atoms with E-state index in [0.717, 1.165) is 6.42 Å². The molecule has 0 bridgehead atoms. The lowest BCUT2D eigenvalue weighted by Crippen LogP contribution is -2.55. The Hall–Kier alpha value is -3.03. The average molecular weight is 427 g/mol. The molecule has 168 valence electrons.